The second kappa shape index (κ2) is 5.75. The van der Waals surface area contributed by atoms with Crippen LogP contribution in [0, 0.1) is 57.2 Å². The van der Waals surface area contributed by atoms with Crippen molar-refractivity contribution in [2.45, 2.75) is 95.9 Å². The van der Waals surface area contributed by atoms with Gasteiger partial charge in [-0.2, -0.15) is 0 Å². The molecule has 24 heavy (non-hydrogen) atoms. The van der Waals surface area contributed by atoms with Crippen LogP contribution in [0.4, 0.5) is 0 Å². The molecule has 4 unspecified atom stereocenters. The summed E-state index contributed by atoms with van der Waals surface area (Å²) in [7, 11) is 0. The minimum Gasteiger partial charge on any atom is -0.0599 e. The summed E-state index contributed by atoms with van der Waals surface area (Å²) in [6.45, 7) is 30.0. The molecule has 0 amide bonds. The first-order valence-corrected chi connectivity index (χ1v) is 10.5. The number of hydrogen-bond acceptors (Lipinski definition) is 0. The summed E-state index contributed by atoms with van der Waals surface area (Å²) in [5.74, 6) is 5.34. The molecule has 0 bridgehead atoms. The summed E-state index contributed by atoms with van der Waals surface area (Å²) < 4.78 is 0. The second-order valence-electron chi connectivity index (χ2n) is 13.5. The van der Waals surface area contributed by atoms with E-state index >= 15 is 0 Å². The molecule has 2 aliphatic carbocycles. The highest BCUT2D eigenvalue weighted by molar-refractivity contribution is 5.10. The Hall–Kier alpha value is 0. The third kappa shape index (κ3) is 3.59. The van der Waals surface area contributed by atoms with Crippen LogP contribution in [0.5, 0.6) is 0 Å². The molecule has 0 aromatic rings. The standard InChI is InChI=1S/C24H46/c1-21(2,3)15-13-16(22(4,5)6)20-18(24(10,11)12)14-17(19(15)20)23(7,8)9/h15-20H,13-14H2,1-12H3. The normalized spacial score (nSPS) is 38.5. The summed E-state index contributed by atoms with van der Waals surface area (Å²) in [6.07, 6.45) is 2.89. The Morgan fingerprint density at radius 2 is 0.542 bits per heavy atom. The topological polar surface area (TPSA) is 0 Å². The van der Waals surface area contributed by atoms with Crippen LogP contribution in [0.3, 0.4) is 0 Å². The molecular formula is C24H46. The first kappa shape index (κ1) is 20.3. The summed E-state index contributed by atoms with van der Waals surface area (Å²) >= 11 is 0. The van der Waals surface area contributed by atoms with E-state index in [1.807, 2.05) is 0 Å². The maximum atomic E-state index is 2.50. The molecule has 0 nitrogen and oxygen atoms in total. The number of hydrogen-bond donors (Lipinski definition) is 0. The van der Waals surface area contributed by atoms with Crippen molar-refractivity contribution >= 4 is 0 Å². The van der Waals surface area contributed by atoms with Gasteiger partial charge in [0.1, 0.15) is 0 Å². The molecule has 2 aliphatic rings. The fraction of sp³-hybridized carbons (Fsp3) is 1.00. The average molecular weight is 335 g/mol. The van der Waals surface area contributed by atoms with Gasteiger partial charge in [0, 0.05) is 0 Å². The van der Waals surface area contributed by atoms with Gasteiger partial charge in [-0.1, -0.05) is 83.1 Å². The van der Waals surface area contributed by atoms with Crippen LogP contribution in [0.15, 0.2) is 0 Å². The van der Waals surface area contributed by atoms with E-state index in [4.69, 9.17) is 0 Å². The van der Waals surface area contributed by atoms with E-state index in [9.17, 15) is 0 Å². The fourth-order valence-corrected chi connectivity index (χ4v) is 6.53. The van der Waals surface area contributed by atoms with Gasteiger partial charge in [-0.25, -0.2) is 0 Å². The SMILES string of the molecule is CC(C)(C)C1CC(C(C)(C)C)C2C1C(C(C)(C)C)CC2C(C)(C)C. The molecule has 0 aromatic heterocycles. The monoisotopic (exact) mass is 334 g/mol. The van der Waals surface area contributed by atoms with E-state index in [1.165, 1.54) is 12.8 Å². The smallest absolute Gasteiger partial charge is 0.0313 e. The van der Waals surface area contributed by atoms with Gasteiger partial charge in [-0.15, -0.1) is 0 Å². The molecule has 4 atom stereocenters. The molecule has 2 rings (SSSR count). The highest BCUT2D eigenvalue weighted by atomic mass is 14.7. The zero-order valence-corrected chi connectivity index (χ0v) is 18.9. The third-order valence-electron chi connectivity index (χ3n) is 7.77. The highest BCUT2D eigenvalue weighted by Gasteiger charge is 2.62. The summed E-state index contributed by atoms with van der Waals surface area (Å²) in [4.78, 5) is 0. The maximum absolute atomic E-state index is 2.50. The Morgan fingerprint density at radius 3 is 0.667 bits per heavy atom. The van der Waals surface area contributed by atoms with Crippen molar-refractivity contribution in [1.82, 2.24) is 0 Å². The lowest BCUT2D eigenvalue weighted by Crippen LogP contribution is -2.35. The minimum absolute atomic E-state index is 0.430. The minimum atomic E-state index is 0.430. The molecule has 0 spiro atoms. The van der Waals surface area contributed by atoms with E-state index in [2.05, 4.69) is 83.1 Å². The van der Waals surface area contributed by atoms with Gasteiger partial charge in [0.25, 0.3) is 0 Å². The molecule has 0 N–H and O–H groups in total. The second-order valence-corrected chi connectivity index (χ2v) is 13.5. The Balaban J connectivity index is 2.56. The first-order valence-electron chi connectivity index (χ1n) is 10.5. The van der Waals surface area contributed by atoms with Gasteiger partial charge < -0.3 is 0 Å². The Kier molecular flexibility index (Phi) is 4.87. The van der Waals surface area contributed by atoms with Crippen molar-refractivity contribution in [3.05, 3.63) is 0 Å². The molecule has 2 saturated carbocycles. The first-order chi connectivity index (χ1) is 10.5. The van der Waals surface area contributed by atoms with Gasteiger partial charge in [0.15, 0.2) is 0 Å². The van der Waals surface area contributed by atoms with Crippen LogP contribution < -0.4 is 0 Å². The van der Waals surface area contributed by atoms with E-state index in [0.29, 0.717) is 21.7 Å². The molecule has 0 radical (unpaired) electrons. The average Bonchev–Trinajstić information content (AvgIpc) is 2.78. The van der Waals surface area contributed by atoms with Crippen molar-refractivity contribution in [1.29, 1.82) is 0 Å². The Bertz CT molecular complexity index is 358. The van der Waals surface area contributed by atoms with Crippen molar-refractivity contribution in [3.8, 4) is 0 Å². The van der Waals surface area contributed by atoms with E-state index < -0.39 is 0 Å². The summed E-state index contributed by atoms with van der Waals surface area (Å²) in [5, 5.41) is 0. The van der Waals surface area contributed by atoms with Gasteiger partial charge in [-0.05, 0) is 70.0 Å². The molecule has 0 aromatic carbocycles. The molecule has 2 fully saturated rings. The fourth-order valence-electron chi connectivity index (χ4n) is 6.53. The van der Waals surface area contributed by atoms with Crippen LogP contribution in [0.25, 0.3) is 0 Å². The molecule has 0 saturated heterocycles. The largest absolute Gasteiger partial charge is 0.0599 e. The Morgan fingerprint density at radius 1 is 0.375 bits per heavy atom. The zero-order chi connectivity index (χ0) is 18.9. The Labute approximate surface area is 153 Å². The van der Waals surface area contributed by atoms with Crippen molar-refractivity contribution in [3.63, 3.8) is 0 Å². The van der Waals surface area contributed by atoms with Crippen molar-refractivity contribution in [2.24, 2.45) is 57.2 Å². The molecule has 0 heteroatoms. The van der Waals surface area contributed by atoms with Crippen molar-refractivity contribution in [2.75, 3.05) is 0 Å². The number of rotatable bonds is 0. The van der Waals surface area contributed by atoms with Crippen LogP contribution in [-0.4, -0.2) is 0 Å². The molecule has 0 heterocycles. The van der Waals surface area contributed by atoms with E-state index in [-0.39, 0.29) is 0 Å². The van der Waals surface area contributed by atoms with Gasteiger partial charge in [0.05, 0.1) is 0 Å². The van der Waals surface area contributed by atoms with Crippen LogP contribution in [0.2, 0.25) is 0 Å². The van der Waals surface area contributed by atoms with Crippen LogP contribution >= 0.6 is 0 Å². The number of fused-ring (bicyclic) bond motifs is 1. The van der Waals surface area contributed by atoms with E-state index in [0.717, 1.165) is 35.5 Å². The lowest BCUT2D eigenvalue weighted by Gasteiger charge is -2.40. The summed E-state index contributed by atoms with van der Waals surface area (Å²) in [6, 6.07) is 0. The lowest BCUT2D eigenvalue weighted by molar-refractivity contribution is 0.0746. The van der Waals surface area contributed by atoms with E-state index in [1.54, 1.807) is 0 Å². The van der Waals surface area contributed by atoms with Crippen molar-refractivity contribution < 1.29 is 0 Å². The molecular weight excluding hydrogens is 288 g/mol. The third-order valence-corrected chi connectivity index (χ3v) is 7.77. The zero-order valence-electron chi connectivity index (χ0n) is 18.9. The van der Waals surface area contributed by atoms with Gasteiger partial charge in [-0.3, -0.25) is 0 Å². The molecule has 142 valence electrons. The highest BCUT2D eigenvalue weighted by Crippen LogP contribution is 2.68. The quantitative estimate of drug-likeness (QED) is 0.426. The predicted octanol–water partition coefficient (Wildman–Crippen LogP) is 7.68. The molecule has 0 aliphatic heterocycles. The lowest BCUT2D eigenvalue weighted by atomic mass is 9.64. The van der Waals surface area contributed by atoms with Crippen LogP contribution in [0.1, 0.15) is 95.9 Å². The predicted molar refractivity (Wildman–Crippen MR) is 108 cm³/mol. The van der Waals surface area contributed by atoms with Gasteiger partial charge >= 0.3 is 0 Å². The maximum Gasteiger partial charge on any atom is -0.0313 e. The summed E-state index contributed by atoms with van der Waals surface area (Å²) in [5.41, 5.74) is 1.72. The van der Waals surface area contributed by atoms with Crippen LogP contribution in [-0.2, 0) is 0 Å². The van der Waals surface area contributed by atoms with Gasteiger partial charge in [0.2, 0.25) is 0 Å².